The quantitative estimate of drug-likeness (QED) is 0.690. The summed E-state index contributed by atoms with van der Waals surface area (Å²) in [5.41, 5.74) is 2.97. The van der Waals surface area contributed by atoms with Crippen LogP contribution >= 0.6 is 0 Å². The third kappa shape index (κ3) is 5.31. The Morgan fingerprint density at radius 3 is 2.37 bits per heavy atom. The number of nitrogens with one attached hydrogen (secondary N) is 1. The van der Waals surface area contributed by atoms with Crippen LogP contribution in [-0.2, 0) is 14.8 Å². The minimum Gasteiger partial charge on any atom is -0.496 e. The van der Waals surface area contributed by atoms with Gasteiger partial charge in [0.05, 0.1) is 25.2 Å². The second-order valence-electron chi connectivity index (χ2n) is 7.63. The van der Waals surface area contributed by atoms with E-state index in [2.05, 4.69) is 33.9 Å². The molecule has 3 rings (SSSR count). The van der Waals surface area contributed by atoms with Gasteiger partial charge in [0.25, 0.3) is 0 Å². The first-order valence-corrected chi connectivity index (χ1v) is 11.5. The van der Waals surface area contributed by atoms with E-state index in [0.29, 0.717) is 19.0 Å². The van der Waals surface area contributed by atoms with Gasteiger partial charge in [0.1, 0.15) is 5.75 Å². The molecule has 164 valence electrons. The van der Waals surface area contributed by atoms with Crippen molar-refractivity contribution in [3.63, 3.8) is 0 Å². The molecule has 0 aromatic heterocycles. The molecule has 7 nitrogen and oxygen atoms in total. The fraction of sp³-hybridized carbons (Fsp3) is 0.455. The second kappa shape index (κ2) is 9.78. The van der Waals surface area contributed by atoms with Crippen molar-refractivity contribution in [2.45, 2.75) is 17.9 Å². The van der Waals surface area contributed by atoms with E-state index in [1.165, 1.54) is 0 Å². The maximum Gasteiger partial charge on any atom is 0.240 e. The molecule has 0 aliphatic carbocycles. The van der Waals surface area contributed by atoms with Gasteiger partial charge in [-0.2, -0.15) is 0 Å². The maximum atomic E-state index is 12.9. The zero-order valence-electron chi connectivity index (χ0n) is 18.1. The summed E-state index contributed by atoms with van der Waals surface area (Å²) in [5.74, 6) is 0.668. The summed E-state index contributed by atoms with van der Waals surface area (Å²) in [6.07, 6.45) is 0. The molecule has 8 heteroatoms. The highest BCUT2D eigenvalue weighted by atomic mass is 32.2. The van der Waals surface area contributed by atoms with E-state index in [0.717, 1.165) is 29.9 Å². The van der Waals surface area contributed by atoms with Crippen LogP contribution in [0.5, 0.6) is 5.75 Å². The molecule has 2 aromatic carbocycles. The molecule has 0 spiro atoms. The van der Waals surface area contributed by atoms with Crippen LogP contribution in [0.3, 0.4) is 0 Å². The van der Waals surface area contributed by atoms with Crippen LogP contribution in [-0.4, -0.2) is 67.4 Å². The van der Waals surface area contributed by atoms with Crippen LogP contribution in [0, 0.1) is 6.92 Å². The summed E-state index contributed by atoms with van der Waals surface area (Å²) in [6.45, 7) is 4.95. The highest BCUT2D eigenvalue weighted by molar-refractivity contribution is 7.89. The molecule has 0 radical (unpaired) electrons. The minimum atomic E-state index is -3.64. The molecule has 0 saturated carbocycles. The summed E-state index contributed by atoms with van der Waals surface area (Å²) >= 11 is 0. The molecule has 0 amide bonds. The zero-order chi connectivity index (χ0) is 21.7. The zero-order valence-corrected chi connectivity index (χ0v) is 18.9. The fourth-order valence-corrected chi connectivity index (χ4v) is 4.75. The molecular formula is C22H31N3O4S. The van der Waals surface area contributed by atoms with Crippen LogP contribution in [0.2, 0.25) is 0 Å². The van der Waals surface area contributed by atoms with Crippen LogP contribution in [0.25, 0.3) is 0 Å². The molecular weight excluding hydrogens is 402 g/mol. The van der Waals surface area contributed by atoms with Gasteiger partial charge in [-0.3, -0.25) is 4.90 Å². The molecule has 1 N–H and O–H groups in total. The van der Waals surface area contributed by atoms with E-state index in [1.54, 1.807) is 25.3 Å². The van der Waals surface area contributed by atoms with Gasteiger partial charge in [0.15, 0.2) is 0 Å². The van der Waals surface area contributed by atoms with E-state index < -0.39 is 10.0 Å². The van der Waals surface area contributed by atoms with Gasteiger partial charge in [-0.05, 0) is 48.4 Å². The Hall–Kier alpha value is -2.13. The third-order valence-corrected chi connectivity index (χ3v) is 6.85. The number of sulfonamides is 1. The monoisotopic (exact) mass is 433 g/mol. The summed E-state index contributed by atoms with van der Waals surface area (Å²) in [5, 5.41) is 0. The molecule has 0 bridgehead atoms. The standard InChI is InChI=1S/C22H31N3O4S/c1-17-15-20(9-10-22(17)28-4)30(26,27)23-16-21(25-11-13-29-14-12-25)18-5-7-19(8-6-18)24(2)3/h5-10,15,21,23H,11-14,16H2,1-4H3. The molecule has 2 aromatic rings. The topological polar surface area (TPSA) is 71.1 Å². The van der Waals surface area contributed by atoms with Gasteiger partial charge in [-0.25, -0.2) is 13.1 Å². The fourth-order valence-electron chi connectivity index (χ4n) is 3.63. The number of hydrogen-bond acceptors (Lipinski definition) is 6. The lowest BCUT2D eigenvalue weighted by Crippen LogP contribution is -2.43. The smallest absolute Gasteiger partial charge is 0.240 e. The van der Waals surface area contributed by atoms with Crippen molar-refractivity contribution >= 4 is 15.7 Å². The summed E-state index contributed by atoms with van der Waals surface area (Å²) in [7, 11) is 1.93. The van der Waals surface area contributed by atoms with Crippen molar-refractivity contribution in [2.24, 2.45) is 0 Å². The van der Waals surface area contributed by atoms with Gasteiger partial charge in [-0.1, -0.05) is 12.1 Å². The summed E-state index contributed by atoms with van der Waals surface area (Å²) in [4.78, 5) is 4.56. The molecule has 1 saturated heterocycles. The van der Waals surface area contributed by atoms with E-state index in [1.807, 2.05) is 25.9 Å². The number of nitrogens with zero attached hydrogens (tertiary/aromatic N) is 2. The normalized spacial score (nSPS) is 16.3. The first-order valence-electron chi connectivity index (χ1n) is 10.0. The van der Waals surface area contributed by atoms with Crippen LogP contribution in [0.4, 0.5) is 5.69 Å². The summed E-state index contributed by atoms with van der Waals surface area (Å²) in [6, 6.07) is 13.1. The van der Waals surface area contributed by atoms with E-state index >= 15 is 0 Å². The minimum absolute atomic E-state index is 0.0702. The Morgan fingerprint density at radius 1 is 1.13 bits per heavy atom. The highest BCUT2D eigenvalue weighted by Crippen LogP contribution is 2.25. The number of methoxy groups -OCH3 is 1. The average molecular weight is 434 g/mol. The molecule has 1 atom stereocenters. The lowest BCUT2D eigenvalue weighted by atomic mass is 10.0. The van der Waals surface area contributed by atoms with Gasteiger partial charge >= 0.3 is 0 Å². The van der Waals surface area contributed by atoms with E-state index in [4.69, 9.17) is 9.47 Å². The first-order chi connectivity index (χ1) is 14.3. The van der Waals surface area contributed by atoms with Crippen molar-refractivity contribution in [3.8, 4) is 5.75 Å². The Balaban J connectivity index is 1.81. The van der Waals surface area contributed by atoms with Gasteiger partial charge in [-0.15, -0.1) is 0 Å². The highest BCUT2D eigenvalue weighted by Gasteiger charge is 2.25. The number of hydrogen-bond donors (Lipinski definition) is 1. The Labute approximate surface area is 179 Å². The first kappa shape index (κ1) is 22.6. The molecule has 1 fully saturated rings. The summed E-state index contributed by atoms with van der Waals surface area (Å²) < 4.78 is 39.4. The molecule has 1 unspecified atom stereocenters. The second-order valence-corrected chi connectivity index (χ2v) is 9.40. The van der Waals surface area contributed by atoms with Gasteiger partial charge < -0.3 is 14.4 Å². The lowest BCUT2D eigenvalue weighted by Gasteiger charge is -2.35. The van der Waals surface area contributed by atoms with Crippen LogP contribution in [0.15, 0.2) is 47.4 Å². The molecule has 1 aliphatic heterocycles. The van der Waals surface area contributed by atoms with E-state index in [9.17, 15) is 8.42 Å². The number of anilines is 1. The van der Waals surface area contributed by atoms with Crippen molar-refractivity contribution in [3.05, 3.63) is 53.6 Å². The number of benzene rings is 2. The van der Waals surface area contributed by atoms with Gasteiger partial charge in [0.2, 0.25) is 10.0 Å². The largest absolute Gasteiger partial charge is 0.496 e. The molecule has 1 heterocycles. The van der Waals surface area contributed by atoms with Crippen molar-refractivity contribution < 1.29 is 17.9 Å². The van der Waals surface area contributed by atoms with Crippen molar-refractivity contribution in [2.75, 3.05) is 59.0 Å². The SMILES string of the molecule is COc1ccc(S(=O)(=O)NCC(c2ccc(N(C)C)cc2)N2CCOCC2)cc1C. The van der Waals surface area contributed by atoms with Crippen molar-refractivity contribution in [1.29, 1.82) is 0 Å². The van der Waals surface area contributed by atoms with E-state index in [-0.39, 0.29) is 17.5 Å². The number of aryl methyl sites for hydroxylation is 1. The Bertz CT molecular complexity index is 939. The molecule has 30 heavy (non-hydrogen) atoms. The molecule has 1 aliphatic rings. The van der Waals surface area contributed by atoms with Crippen LogP contribution < -0.4 is 14.4 Å². The van der Waals surface area contributed by atoms with Crippen molar-refractivity contribution in [1.82, 2.24) is 9.62 Å². The predicted molar refractivity (Wildman–Crippen MR) is 119 cm³/mol. The number of ether oxygens (including phenoxy) is 2. The Kier molecular flexibility index (Phi) is 7.36. The Morgan fingerprint density at radius 2 is 1.80 bits per heavy atom. The number of morpholine rings is 1. The lowest BCUT2D eigenvalue weighted by molar-refractivity contribution is 0.0172. The third-order valence-electron chi connectivity index (χ3n) is 5.42. The van der Waals surface area contributed by atoms with Crippen LogP contribution in [0.1, 0.15) is 17.2 Å². The predicted octanol–water partition coefficient (Wildman–Crippen LogP) is 2.42. The average Bonchev–Trinajstić information content (AvgIpc) is 2.75. The van der Waals surface area contributed by atoms with Gasteiger partial charge in [0, 0.05) is 45.5 Å². The number of rotatable bonds is 8. The maximum absolute atomic E-state index is 12.9.